The van der Waals surface area contributed by atoms with Crippen LogP contribution in [-0.4, -0.2) is 37.4 Å². The Morgan fingerprint density at radius 2 is 2.11 bits per heavy atom. The average Bonchev–Trinajstić information content (AvgIpc) is 2.28. The second-order valence-electron chi connectivity index (χ2n) is 5.29. The van der Waals surface area contributed by atoms with Gasteiger partial charge in [-0.1, -0.05) is 13.3 Å². The molecule has 1 aliphatic heterocycles. The molecule has 1 heterocycles. The molecule has 2 atom stereocenters. The number of carbonyl (C=O) groups is 1. The summed E-state index contributed by atoms with van der Waals surface area (Å²) in [5.74, 6) is -0.224. The van der Waals surface area contributed by atoms with Gasteiger partial charge >= 0.3 is 0 Å². The lowest BCUT2D eigenvalue weighted by molar-refractivity contribution is -0.122. The highest BCUT2D eigenvalue weighted by molar-refractivity contribution is 7.92. The standard InChI is InChI=1S/C12H24N2O3S/c1-3-12(2,7-8-13)14-11(15)10-6-4-5-9-18(10,16)17/h10H,3-9,13H2,1-2H3,(H,14,15). The first kappa shape index (κ1) is 15.4. The number of carbonyl (C=O) groups excluding carboxylic acids is 1. The number of amides is 1. The van der Waals surface area contributed by atoms with Crippen LogP contribution in [-0.2, 0) is 14.6 Å². The number of nitrogens with two attached hydrogens (primary N) is 1. The van der Waals surface area contributed by atoms with Crippen LogP contribution in [0, 0.1) is 0 Å². The Morgan fingerprint density at radius 3 is 2.61 bits per heavy atom. The molecule has 0 aromatic heterocycles. The van der Waals surface area contributed by atoms with Crippen LogP contribution in [0.3, 0.4) is 0 Å². The van der Waals surface area contributed by atoms with Gasteiger partial charge in [-0.3, -0.25) is 4.79 Å². The molecule has 106 valence electrons. The number of nitrogens with one attached hydrogen (secondary N) is 1. The van der Waals surface area contributed by atoms with Gasteiger partial charge in [-0.25, -0.2) is 8.42 Å². The van der Waals surface area contributed by atoms with Gasteiger partial charge in [0.15, 0.2) is 9.84 Å². The fourth-order valence-corrected chi connectivity index (χ4v) is 4.08. The third kappa shape index (κ3) is 3.68. The van der Waals surface area contributed by atoms with Crippen molar-refractivity contribution in [1.82, 2.24) is 5.32 Å². The topological polar surface area (TPSA) is 89.3 Å². The van der Waals surface area contributed by atoms with E-state index in [0.717, 1.165) is 12.8 Å². The van der Waals surface area contributed by atoms with Crippen LogP contribution in [0.4, 0.5) is 0 Å². The van der Waals surface area contributed by atoms with Gasteiger partial charge in [-0.2, -0.15) is 0 Å². The number of hydrogen-bond donors (Lipinski definition) is 2. The Kier molecular flexibility index (Phi) is 5.16. The van der Waals surface area contributed by atoms with E-state index in [1.165, 1.54) is 0 Å². The van der Waals surface area contributed by atoms with Gasteiger partial charge in [0, 0.05) is 5.54 Å². The smallest absolute Gasteiger partial charge is 0.238 e. The molecule has 0 radical (unpaired) electrons. The normalized spacial score (nSPS) is 26.3. The highest BCUT2D eigenvalue weighted by Crippen LogP contribution is 2.21. The van der Waals surface area contributed by atoms with Crippen molar-refractivity contribution >= 4 is 15.7 Å². The van der Waals surface area contributed by atoms with Crippen LogP contribution >= 0.6 is 0 Å². The Balaban J connectivity index is 2.75. The maximum absolute atomic E-state index is 12.1. The fourth-order valence-electron chi connectivity index (χ4n) is 2.27. The second kappa shape index (κ2) is 6.02. The van der Waals surface area contributed by atoms with E-state index in [9.17, 15) is 13.2 Å². The molecule has 3 N–H and O–H groups in total. The SMILES string of the molecule is CCC(C)(CCN)NC(=O)C1CCCCS1(=O)=O. The van der Waals surface area contributed by atoms with Crippen molar-refractivity contribution in [2.75, 3.05) is 12.3 Å². The molecule has 1 saturated heterocycles. The minimum atomic E-state index is -3.26. The summed E-state index contributed by atoms with van der Waals surface area (Å²) in [6, 6.07) is 0. The van der Waals surface area contributed by atoms with Crippen molar-refractivity contribution in [3.63, 3.8) is 0 Å². The highest BCUT2D eigenvalue weighted by Gasteiger charge is 2.37. The van der Waals surface area contributed by atoms with Crippen LogP contribution in [0.2, 0.25) is 0 Å². The molecule has 0 saturated carbocycles. The Morgan fingerprint density at radius 1 is 1.44 bits per heavy atom. The third-order valence-corrected chi connectivity index (χ3v) is 5.95. The van der Waals surface area contributed by atoms with Crippen molar-refractivity contribution in [2.45, 2.75) is 56.7 Å². The van der Waals surface area contributed by atoms with Crippen molar-refractivity contribution in [3.05, 3.63) is 0 Å². The molecule has 1 amide bonds. The Hall–Kier alpha value is -0.620. The maximum Gasteiger partial charge on any atom is 0.238 e. The molecular formula is C12H24N2O3S. The predicted molar refractivity (Wildman–Crippen MR) is 71.9 cm³/mol. The fraction of sp³-hybridized carbons (Fsp3) is 0.917. The van der Waals surface area contributed by atoms with Gasteiger partial charge in [0.25, 0.3) is 0 Å². The second-order valence-corrected chi connectivity index (χ2v) is 7.60. The lowest BCUT2D eigenvalue weighted by Gasteiger charge is -2.32. The maximum atomic E-state index is 12.1. The van der Waals surface area contributed by atoms with E-state index in [2.05, 4.69) is 5.32 Å². The van der Waals surface area contributed by atoms with E-state index in [4.69, 9.17) is 5.73 Å². The van der Waals surface area contributed by atoms with Gasteiger partial charge in [-0.05, 0) is 39.2 Å². The lowest BCUT2D eigenvalue weighted by Crippen LogP contribution is -2.53. The van der Waals surface area contributed by atoms with E-state index in [1.807, 2.05) is 13.8 Å². The molecule has 0 spiro atoms. The molecule has 1 aliphatic rings. The highest BCUT2D eigenvalue weighted by atomic mass is 32.2. The van der Waals surface area contributed by atoms with Crippen molar-refractivity contribution in [3.8, 4) is 0 Å². The molecule has 1 fully saturated rings. The van der Waals surface area contributed by atoms with Crippen molar-refractivity contribution < 1.29 is 13.2 Å². The van der Waals surface area contributed by atoms with Crippen LogP contribution in [0.1, 0.15) is 46.0 Å². The summed E-state index contributed by atoms with van der Waals surface area (Å²) in [6.07, 6.45) is 3.30. The molecule has 2 unspecified atom stereocenters. The third-order valence-electron chi connectivity index (χ3n) is 3.77. The summed E-state index contributed by atoms with van der Waals surface area (Å²) in [5.41, 5.74) is 5.12. The minimum absolute atomic E-state index is 0.130. The quantitative estimate of drug-likeness (QED) is 0.769. The summed E-state index contributed by atoms with van der Waals surface area (Å²) in [7, 11) is -3.26. The summed E-state index contributed by atoms with van der Waals surface area (Å²) >= 11 is 0. The predicted octanol–water partition coefficient (Wildman–Crippen LogP) is 0.587. The zero-order valence-corrected chi connectivity index (χ0v) is 12.1. The zero-order valence-electron chi connectivity index (χ0n) is 11.2. The molecule has 1 rings (SSSR count). The molecule has 5 nitrogen and oxygen atoms in total. The van der Waals surface area contributed by atoms with Crippen LogP contribution in [0.5, 0.6) is 0 Å². The first-order valence-corrected chi connectivity index (χ1v) is 8.30. The van der Waals surface area contributed by atoms with E-state index in [0.29, 0.717) is 25.8 Å². The van der Waals surface area contributed by atoms with Gasteiger partial charge < -0.3 is 11.1 Å². The van der Waals surface area contributed by atoms with Gasteiger partial charge in [0.05, 0.1) is 5.75 Å². The molecule has 18 heavy (non-hydrogen) atoms. The van der Waals surface area contributed by atoms with Crippen molar-refractivity contribution in [1.29, 1.82) is 0 Å². The Labute approximate surface area is 109 Å². The molecule has 0 aromatic carbocycles. The minimum Gasteiger partial charge on any atom is -0.350 e. The molecule has 0 aromatic rings. The average molecular weight is 276 g/mol. The van der Waals surface area contributed by atoms with Gasteiger partial charge in [0.1, 0.15) is 5.25 Å². The van der Waals surface area contributed by atoms with Crippen LogP contribution < -0.4 is 11.1 Å². The van der Waals surface area contributed by atoms with E-state index < -0.39 is 20.6 Å². The number of hydrogen-bond acceptors (Lipinski definition) is 4. The van der Waals surface area contributed by atoms with E-state index >= 15 is 0 Å². The van der Waals surface area contributed by atoms with Gasteiger partial charge in [-0.15, -0.1) is 0 Å². The van der Waals surface area contributed by atoms with Crippen LogP contribution in [0.25, 0.3) is 0 Å². The van der Waals surface area contributed by atoms with Crippen molar-refractivity contribution in [2.24, 2.45) is 5.73 Å². The Bertz CT molecular complexity index is 394. The summed E-state index contributed by atoms with van der Waals surface area (Å²) in [6.45, 7) is 4.35. The molecule has 0 bridgehead atoms. The molecular weight excluding hydrogens is 252 g/mol. The first-order chi connectivity index (χ1) is 8.34. The zero-order chi connectivity index (χ0) is 13.8. The molecule has 0 aliphatic carbocycles. The molecule has 6 heteroatoms. The largest absolute Gasteiger partial charge is 0.350 e. The first-order valence-electron chi connectivity index (χ1n) is 6.58. The van der Waals surface area contributed by atoms with E-state index in [-0.39, 0.29) is 11.7 Å². The monoisotopic (exact) mass is 276 g/mol. The lowest BCUT2D eigenvalue weighted by atomic mass is 9.94. The number of rotatable bonds is 5. The summed E-state index contributed by atoms with van der Waals surface area (Å²) < 4.78 is 23.7. The van der Waals surface area contributed by atoms with Crippen LogP contribution in [0.15, 0.2) is 0 Å². The van der Waals surface area contributed by atoms with E-state index in [1.54, 1.807) is 0 Å². The number of sulfone groups is 1. The summed E-state index contributed by atoms with van der Waals surface area (Å²) in [5, 5.41) is 2.01. The van der Waals surface area contributed by atoms with Gasteiger partial charge in [0.2, 0.25) is 5.91 Å². The summed E-state index contributed by atoms with van der Waals surface area (Å²) in [4.78, 5) is 12.1.